The van der Waals surface area contributed by atoms with Crippen LogP contribution in [-0.2, 0) is 9.59 Å². The van der Waals surface area contributed by atoms with Gasteiger partial charge in [0.1, 0.15) is 12.1 Å². The van der Waals surface area contributed by atoms with Crippen LogP contribution in [0.25, 0.3) is 0 Å². The van der Waals surface area contributed by atoms with Crippen molar-refractivity contribution in [2.75, 3.05) is 13.2 Å². The second-order valence-corrected chi connectivity index (χ2v) is 6.66. The SMILES string of the molecule is NCCCC[C@H](NC(=O)[C@H](CO)NC(=O)c1cc(S)cc(S)c1)C(=O)O. The zero-order chi connectivity index (χ0) is 19.7. The number of carboxylic acids is 1. The van der Waals surface area contributed by atoms with Crippen LogP contribution in [0.15, 0.2) is 28.0 Å². The standard InChI is InChI=1S/C16H23N3O5S2/c17-4-2-1-3-12(16(23)24)18-15(22)13(8-20)19-14(21)9-5-10(25)7-11(26)6-9/h5-7,12-13,20,25-26H,1-4,8,17H2,(H,18,22)(H,19,21)(H,23,24)/t12-,13-/m0/s1. The molecule has 2 amide bonds. The maximum absolute atomic E-state index is 12.3. The van der Waals surface area contributed by atoms with Crippen molar-refractivity contribution in [3.63, 3.8) is 0 Å². The van der Waals surface area contributed by atoms with Crippen molar-refractivity contribution in [2.24, 2.45) is 5.73 Å². The first-order valence-corrected chi connectivity index (χ1v) is 8.86. The molecule has 6 N–H and O–H groups in total. The Balaban J connectivity index is 2.74. The van der Waals surface area contributed by atoms with E-state index in [0.29, 0.717) is 29.2 Å². The monoisotopic (exact) mass is 401 g/mol. The van der Waals surface area contributed by atoms with Crippen molar-refractivity contribution >= 4 is 43.0 Å². The number of hydrogen-bond donors (Lipinski definition) is 7. The molecule has 0 fully saturated rings. The number of nitrogens with one attached hydrogen (secondary N) is 2. The van der Waals surface area contributed by atoms with Gasteiger partial charge in [-0.3, -0.25) is 9.59 Å². The molecule has 144 valence electrons. The summed E-state index contributed by atoms with van der Waals surface area (Å²) in [6.07, 6.45) is 1.37. The number of amides is 2. The summed E-state index contributed by atoms with van der Waals surface area (Å²) in [6.45, 7) is -0.256. The van der Waals surface area contributed by atoms with Gasteiger partial charge < -0.3 is 26.6 Å². The van der Waals surface area contributed by atoms with E-state index in [2.05, 4.69) is 35.9 Å². The van der Waals surface area contributed by atoms with Gasteiger partial charge >= 0.3 is 5.97 Å². The van der Waals surface area contributed by atoms with Crippen LogP contribution in [0.1, 0.15) is 29.6 Å². The largest absolute Gasteiger partial charge is 0.480 e. The van der Waals surface area contributed by atoms with Gasteiger partial charge in [-0.15, -0.1) is 25.3 Å². The molecule has 0 unspecified atom stereocenters. The number of carbonyl (C=O) groups is 3. The Kier molecular flexibility index (Phi) is 9.49. The first-order valence-electron chi connectivity index (χ1n) is 7.96. The molecule has 0 saturated heterocycles. The second kappa shape index (κ2) is 11.1. The van der Waals surface area contributed by atoms with Crippen LogP contribution >= 0.6 is 25.3 Å². The van der Waals surface area contributed by atoms with Gasteiger partial charge in [-0.25, -0.2) is 4.79 Å². The molecule has 0 aliphatic heterocycles. The Morgan fingerprint density at radius 1 is 1.04 bits per heavy atom. The Labute approximate surface area is 162 Å². The van der Waals surface area contributed by atoms with Gasteiger partial charge in [-0.1, -0.05) is 0 Å². The fourth-order valence-corrected chi connectivity index (χ4v) is 2.84. The molecule has 0 radical (unpaired) electrons. The summed E-state index contributed by atoms with van der Waals surface area (Å²) in [5.41, 5.74) is 5.58. The molecule has 0 heterocycles. The van der Waals surface area contributed by atoms with Gasteiger partial charge in [-0.2, -0.15) is 0 Å². The van der Waals surface area contributed by atoms with Gasteiger partial charge in [0.15, 0.2) is 0 Å². The predicted molar refractivity (Wildman–Crippen MR) is 102 cm³/mol. The van der Waals surface area contributed by atoms with Crippen LogP contribution in [0.4, 0.5) is 0 Å². The second-order valence-electron chi connectivity index (χ2n) is 5.63. The van der Waals surface area contributed by atoms with E-state index in [0.717, 1.165) is 0 Å². The van der Waals surface area contributed by atoms with Crippen LogP contribution in [0.3, 0.4) is 0 Å². The van der Waals surface area contributed by atoms with Crippen molar-refractivity contribution in [3.8, 4) is 0 Å². The number of hydrogen-bond acceptors (Lipinski definition) is 7. The van der Waals surface area contributed by atoms with E-state index in [1.807, 2.05) is 0 Å². The normalized spacial score (nSPS) is 12.9. The van der Waals surface area contributed by atoms with Crippen LogP contribution in [0, 0.1) is 0 Å². The van der Waals surface area contributed by atoms with E-state index in [1.165, 1.54) is 12.1 Å². The van der Waals surface area contributed by atoms with E-state index in [-0.39, 0.29) is 12.0 Å². The fourth-order valence-electron chi connectivity index (χ4n) is 2.18. The number of aliphatic carboxylic acids is 1. The number of carboxylic acid groups (broad SMARTS) is 1. The molecular formula is C16H23N3O5S2. The summed E-state index contributed by atoms with van der Waals surface area (Å²) in [6, 6.07) is 2.20. The Morgan fingerprint density at radius 3 is 2.15 bits per heavy atom. The van der Waals surface area contributed by atoms with Gasteiger partial charge in [0, 0.05) is 15.4 Å². The third kappa shape index (κ3) is 7.24. The number of benzene rings is 1. The minimum absolute atomic E-state index is 0.203. The summed E-state index contributed by atoms with van der Waals surface area (Å²) in [5.74, 6) is -2.59. The first-order chi connectivity index (χ1) is 12.3. The van der Waals surface area contributed by atoms with Crippen molar-refractivity contribution in [1.29, 1.82) is 0 Å². The highest BCUT2D eigenvalue weighted by Crippen LogP contribution is 2.16. The summed E-state index contributed by atoms with van der Waals surface area (Å²) in [5, 5.41) is 23.3. The molecule has 1 aromatic carbocycles. The molecule has 8 nitrogen and oxygen atoms in total. The maximum atomic E-state index is 12.3. The van der Waals surface area contributed by atoms with Crippen LogP contribution in [-0.4, -0.2) is 53.2 Å². The average Bonchev–Trinajstić information content (AvgIpc) is 2.57. The zero-order valence-electron chi connectivity index (χ0n) is 14.0. The number of thiol groups is 2. The van der Waals surface area contributed by atoms with E-state index in [4.69, 9.17) is 5.73 Å². The molecule has 1 rings (SSSR count). The summed E-state index contributed by atoms with van der Waals surface area (Å²) >= 11 is 8.30. The lowest BCUT2D eigenvalue weighted by Crippen LogP contribution is -2.53. The summed E-state index contributed by atoms with van der Waals surface area (Å²) in [4.78, 5) is 36.7. The number of nitrogens with two attached hydrogens (primary N) is 1. The molecule has 0 aliphatic carbocycles. The van der Waals surface area contributed by atoms with Crippen molar-refractivity contribution in [1.82, 2.24) is 10.6 Å². The van der Waals surface area contributed by atoms with Crippen LogP contribution in [0.2, 0.25) is 0 Å². The van der Waals surface area contributed by atoms with Crippen LogP contribution < -0.4 is 16.4 Å². The highest BCUT2D eigenvalue weighted by molar-refractivity contribution is 7.81. The van der Waals surface area contributed by atoms with E-state index >= 15 is 0 Å². The van der Waals surface area contributed by atoms with Crippen molar-refractivity contribution in [3.05, 3.63) is 23.8 Å². The maximum Gasteiger partial charge on any atom is 0.326 e. The first kappa shape index (κ1) is 22.3. The average molecular weight is 402 g/mol. The zero-order valence-corrected chi connectivity index (χ0v) is 15.8. The molecule has 0 spiro atoms. The molecule has 2 atom stereocenters. The van der Waals surface area contributed by atoms with Gasteiger partial charge in [0.05, 0.1) is 6.61 Å². The molecule has 0 aliphatic rings. The lowest BCUT2D eigenvalue weighted by Gasteiger charge is -2.20. The van der Waals surface area contributed by atoms with E-state index < -0.39 is 36.5 Å². The molecule has 0 aromatic heterocycles. The number of carbonyl (C=O) groups excluding carboxylic acids is 2. The molecule has 10 heteroatoms. The lowest BCUT2D eigenvalue weighted by molar-refractivity contribution is -0.142. The minimum Gasteiger partial charge on any atom is -0.480 e. The highest BCUT2D eigenvalue weighted by atomic mass is 32.1. The lowest BCUT2D eigenvalue weighted by atomic mass is 10.1. The Hall–Kier alpha value is -1.75. The van der Waals surface area contributed by atoms with E-state index in [9.17, 15) is 24.6 Å². The summed E-state index contributed by atoms with van der Waals surface area (Å²) in [7, 11) is 0. The van der Waals surface area contributed by atoms with Crippen molar-refractivity contribution < 1.29 is 24.6 Å². The molecule has 0 bridgehead atoms. The van der Waals surface area contributed by atoms with Crippen LogP contribution in [0.5, 0.6) is 0 Å². The number of rotatable bonds is 10. The number of aliphatic hydroxyl groups is 1. The molecular weight excluding hydrogens is 378 g/mol. The third-order valence-electron chi connectivity index (χ3n) is 3.53. The number of aliphatic hydroxyl groups excluding tert-OH is 1. The van der Waals surface area contributed by atoms with Gasteiger partial charge in [0.25, 0.3) is 5.91 Å². The molecule has 0 saturated carbocycles. The molecule has 26 heavy (non-hydrogen) atoms. The van der Waals surface area contributed by atoms with Crippen molar-refractivity contribution in [2.45, 2.75) is 41.1 Å². The minimum atomic E-state index is -1.29. The van der Waals surface area contributed by atoms with Gasteiger partial charge in [0.2, 0.25) is 5.91 Å². The van der Waals surface area contributed by atoms with Gasteiger partial charge in [-0.05, 0) is 44.0 Å². The fraction of sp³-hybridized carbons (Fsp3) is 0.438. The third-order valence-corrected chi connectivity index (χ3v) is 4.05. The smallest absolute Gasteiger partial charge is 0.326 e. The molecule has 1 aromatic rings. The summed E-state index contributed by atoms with van der Waals surface area (Å²) < 4.78 is 0. The Bertz CT molecular complexity index is 637. The topological polar surface area (TPSA) is 142 Å². The quantitative estimate of drug-likeness (QED) is 0.218. The Morgan fingerprint density at radius 2 is 1.65 bits per heavy atom. The van der Waals surface area contributed by atoms with E-state index in [1.54, 1.807) is 6.07 Å². The predicted octanol–water partition coefficient (Wildman–Crippen LogP) is 0.0531. The highest BCUT2D eigenvalue weighted by Gasteiger charge is 2.26. The number of unbranched alkanes of at least 4 members (excludes halogenated alkanes) is 1.